The van der Waals surface area contributed by atoms with Gasteiger partial charge in [-0.05, 0) is 61.8 Å². The first-order valence-corrected chi connectivity index (χ1v) is 10.2. The third-order valence-electron chi connectivity index (χ3n) is 2.74. The number of benzene rings is 2. The molecule has 0 spiro atoms. The van der Waals surface area contributed by atoms with Crippen LogP contribution in [0.4, 0.5) is 0 Å². The van der Waals surface area contributed by atoms with E-state index in [1.807, 2.05) is 30.3 Å². The van der Waals surface area contributed by atoms with Gasteiger partial charge in [0, 0.05) is 14.5 Å². The Morgan fingerprint density at radius 1 is 0.759 bits per heavy atom. The van der Waals surface area contributed by atoms with Crippen LogP contribution in [0.2, 0.25) is 0 Å². The van der Waals surface area contributed by atoms with Crippen molar-refractivity contribution in [2.75, 3.05) is 13.2 Å². The molecule has 0 aliphatic rings. The smallest absolute Gasteiger partial charge is 0.391 e. The van der Waals surface area contributed by atoms with E-state index in [2.05, 4.69) is 41.3 Å². The zero-order chi connectivity index (χ0) is 22.2. The van der Waals surface area contributed by atoms with E-state index >= 15 is 0 Å². The van der Waals surface area contributed by atoms with E-state index in [-0.39, 0.29) is 13.2 Å². The Labute approximate surface area is 190 Å². The van der Waals surface area contributed by atoms with Gasteiger partial charge < -0.3 is 9.47 Å². The van der Waals surface area contributed by atoms with Crippen LogP contribution >= 0.6 is 43.5 Å². The maximum Gasteiger partial charge on any atom is 0.391 e. The number of halogens is 3. The maximum absolute atomic E-state index is 11.4. The van der Waals surface area contributed by atoms with Gasteiger partial charge in [-0.1, -0.05) is 50.1 Å². The van der Waals surface area contributed by atoms with Crippen LogP contribution in [0.3, 0.4) is 0 Å². The molecule has 2 aromatic rings. The van der Waals surface area contributed by atoms with Crippen molar-refractivity contribution in [2.24, 2.45) is 0 Å². The van der Waals surface area contributed by atoms with Crippen molar-refractivity contribution in [1.29, 1.82) is 0 Å². The van der Waals surface area contributed by atoms with Crippen LogP contribution in [0, 0.1) is 0 Å². The number of ketones is 1. The summed E-state index contributed by atoms with van der Waals surface area (Å²) < 4.78 is 10.8. The van der Waals surface area contributed by atoms with Gasteiger partial charge in [0.15, 0.2) is 0 Å². The molecule has 156 valence electrons. The third-order valence-corrected chi connectivity index (χ3v) is 3.95. The normalized spacial score (nSPS) is 9.00. The van der Waals surface area contributed by atoms with Crippen LogP contribution in [0.5, 0.6) is 0 Å². The van der Waals surface area contributed by atoms with Crippen molar-refractivity contribution in [1.82, 2.24) is 0 Å². The molecule has 0 atom stereocenters. The van der Waals surface area contributed by atoms with Gasteiger partial charge in [0.05, 0.1) is 13.2 Å². The van der Waals surface area contributed by atoms with Gasteiger partial charge in [-0.2, -0.15) is 0 Å². The summed E-state index contributed by atoms with van der Waals surface area (Å²) in [6, 6.07) is 16.5. The summed E-state index contributed by atoms with van der Waals surface area (Å²) in [6.45, 7) is 3.64. The Morgan fingerprint density at radius 3 is 1.55 bits per heavy atom. The molecule has 0 fully saturated rings. The number of ether oxygens (including phenoxy) is 2. The second-order valence-electron chi connectivity index (χ2n) is 4.85. The number of Topliss-reactive ketones (excluding diaryl/α,β-unsaturated/α-hetero) is 1. The molecule has 6 nitrogen and oxygen atoms in total. The Bertz CT molecular complexity index is 794. The van der Waals surface area contributed by atoms with E-state index in [1.165, 1.54) is 0 Å². The highest BCUT2D eigenvalue weighted by Crippen LogP contribution is 2.11. The fourth-order valence-electron chi connectivity index (χ4n) is 1.52. The van der Waals surface area contributed by atoms with E-state index in [4.69, 9.17) is 11.6 Å². The predicted molar refractivity (Wildman–Crippen MR) is 117 cm³/mol. The molecule has 0 aliphatic carbocycles. The van der Waals surface area contributed by atoms with Crippen LogP contribution in [0.25, 0.3) is 0 Å². The fourth-order valence-corrected chi connectivity index (χ4v) is 2.14. The molecule has 0 aromatic heterocycles. The van der Waals surface area contributed by atoms with Gasteiger partial charge in [0.2, 0.25) is 0 Å². The SMILES string of the molecule is Brc1ccccc1.CCOC(=O)C(=O)Cl.CCOC(=O)C(=O)c1ccc(Br)cc1. The van der Waals surface area contributed by atoms with Gasteiger partial charge in [-0.25, -0.2) is 9.59 Å². The van der Waals surface area contributed by atoms with Crippen molar-refractivity contribution in [3.8, 4) is 0 Å². The van der Waals surface area contributed by atoms with Crippen LogP contribution in [0.1, 0.15) is 24.2 Å². The van der Waals surface area contributed by atoms with E-state index < -0.39 is 23.0 Å². The molecule has 29 heavy (non-hydrogen) atoms. The monoisotopic (exact) mass is 548 g/mol. The molecule has 0 saturated carbocycles. The van der Waals surface area contributed by atoms with Gasteiger partial charge in [0.25, 0.3) is 5.78 Å². The lowest BCUT2D eigenvalue weighted by Gasteiger charge is -2.00. The van der Waals surface area contributed by atoms with E-state index in [9.17, 15) is 19.2 Å². The lowest BCUT2D eigenvalue weighted by molar-refractivity contribution is -0.149. The molecule has 0 N–H and O–H groups in total. The molecule has 0 heterocycles. The first-order valence-electron chi connectivity index (χ1n) is 8.27. The van der Waals surface area contributed by atoms with Crippen LogP contribution in [-0.2, 0) is 23.9 Å². The Hall–Kier alpha value is -2.03. The highest BCUT2D eigenvalue weighted by molar-refractivity contribution is 9.10. The lowest BCUT2D eigenvalue weighted by Crippen LogP contribution is -2.17. The van der Waals surface area contributed by atoms with E-state index in [0.717, 1.165) is 8.95 Å². The molecule has 0 aliphatic heterocycles. The Morgan fingerprint density at radius 2 is 1.21 bits per heavy atom. The largest absolute Gasteiger partial charge is 0.460 e. The number of hydrogen-bond acceptors (Lipinski definition) is 6. The van der Waals surface area contributed by atoms with Crippen molar-refractivity contribution >= 4 is 66.4 Å². The molecular weight excluding hydrogens is 531 g/mol. The molecule has 2 aromatic carbocycles. The second-order valence-corrected chi connectivity index (χ2v) is 7.02. The highest BCUT2D eigenvalue weighted by atomic mass is 79.9. The van der Waals surface area contributed by atoms with E-state index in [0.29, 0.717) is 5.56 Å². The summed E-state index contributed by atoms with van der Waals surface area (Å²) >= 11 is 11.2. The summed E-state index contributed by atoms with van der Waals surface area (Å²) in [5.74, 6) is -2.41. The number of carbonyl (C=O) groups excluding carboxylic acids is 4. The van der Waals surface area contributed by atoms with Crippen molar-refractivity contribution < 1.29 is 28.7 Å². The molecule has 0 amide bonds. The molecule has 0 radical (unpaired) electrons. The summed E-state index contributed by atoms with van der Waals surface area (Å²) in [7, 11) is 0. The minimum atomic E-state index is -1.08. The summed E-state index contributed by atoms with van der Waals surface area (Å²) in [5, 5.41) is -1.08. The number of carbonyl (C=O) groups is 4. The van der Waals surface area contributed by atoms with Crippen molar-refractivity contribution in [3.63, 3.8) is 0 Å². The number of esters is 2. The molecule has 9 heteroatoms. The molecular formula is C20H19Br2ClO6. The average molecular weight is 551 g/mol. The van der Waals surface area contributed by atoms with Crippen molar-refractivity contribution in [3.05, 3.63) is 69.1 Å². The minimum absolute atomic E-state index is 0.178. The van der Waals surface area contributed by atoms with Gasteiger partial charge >= 0.3 is 17.2 Å². The Kier molecular flexibility index (Phi) is 14.7. The molecule has 2 rings (SSSR count). The second kappa shape index (κ2) is 15.8. The summed E-state index contributed by atoms with van der Waals surface area (Å²) in [6.07, 6.45) is 0. The quantitative estimate of drug-likeness (QED) is 0.226. The summed E-state index contributed by atoms with van der Waals surface area (Å²) in [5.41, 5.74) is 0.339. The van der Waals surface area contributed by atoms with Crippen LogP contribution in [0.15, 0.2) is 63.5 Å². The van der Waals surface area contributed by atoms with Gasteiger partial charge in [0.1, 0.15) is 0 Å². The number of hydrogen-bond donors (Lipinski definition) is 0. The standard InChI is InChI=1S/C10H9BrO3.C6H5Br.C4H5ClO3/c1-2-14-10(13)9(12)7-3-5-8(11)6-4-7;7-6-4-2-1-3-5-6;1-2-8-4(7)3(5)6/h3-6H,2H2,1H3;1-5H;2H2,1H3. The zero-order valence-corrected chi connectivity index (χ0v) is 19.6. The van der Waals surface area contributed by atoms with Gasteiger partial charge in [-0.3, -0.25) is 9.59 Å². The topological polar surface area (TPSA) is 86.7 Å². The lowest BCUT2D eigenvalue weighted by atomic mass is 10.1. The fraction of sp³-hybridized carbons (Fsp3) is 0.200. The summed E-state index contributed by atoms with van der Waals surface area (Å²) in [4.78, 5) is 42.3. The maximum atomic E-state index is 11.4. The van der Waals surface area contributed by atoms with Gasteiger partial charge in [-0.15, -0.1) is 0 Å². The first kappa shape index (κ1) is 27.0. The molecule has 0 unspecified atom stereocenters. The average Bonchev–Trinajstić information content (AvgIpc) is 2.70. The highest BCUT2D eigenvalue weighted by Gasteiger charge is 2.16. The minimum Gasteiger partial charge on any atom is -0.460 e. The van der Waals surface area contributed by atoms with E-state index in [1.54, 1.807) is 38.1 Å². The zero-order valence-electron chi connectivity index (χ0n) is 15.7. The Balaban J connectivity index is 0.000000444. The van der Waals surface area contributed by atoms with Crippen LogP contribution in [-0.4, -0.2) is 36.2 Å². The molecule has 0 saturated heterocycles. The third kappa shape index (κ3) is 12.9. The first-order chi connectivity index (χ1) is 13.7. The van der Waals surface area contributed by atoms with Crippen LogP contribution < -0.4 is 0 Å². The number of rotatable bonds is 5. The predicted octanol–water partition coefficient (Wildman–Crippen LogP) is 4.96. The van der Waals surface area contributed by atoms with Crippen molar-refractivity contribution in [2.45, 2.75) is 13.8 Å². The molecule has 0 bridgehead atoms.